The van der Waals surface area contributed by atoms with Crippen LogP contribution in [0.25, 0.3) is 0 Å². The number of aryl methyl sites for hydroxylation is 1. The fourth-order valence-electron chi connectivity index (χ4n) is 1.56. The van der Waals surface area contributed by atoms with Crippen molar-refractivity contribution in [3.05, 3.63) is 21.1 Å². The van der Waals surface area contributed by atoms with Gasteiger partial charge in [0.15, 0.2) is 0 Å². The lowest BCUT2D eigenvalue weighted by Gasteiger charge is -2.10. The minimum atomic E-state index is 0.536. The Morgan fingerprint density at radius 3 is 2.29 bits per heavy atom. The molecule has 0 N–H and O–H groups in total. The molecule has 1 aromatic rings. The topological polar surface area (TPSA) is 25.8 Å². The fourth-order valence-corrected chi connectivity index (χ4v) is 2.11. The average molecular weight is 320 g/mol. The third-order valence-corrected chi connectivity index (χ3v) is 3.81. The number of halogens is 2. The highest BCUT2D eigenvalue weighted by molar-refractivity contribution is 9.10. The molecule has 0 unspecified atom stereocenters. The fraction of sp³-hybridized carbons (Fsp3) is 0.692. The lowest BCUT2D eigenvalue weighted by atomic mass is 10.1. The predicted molar refractivity (Wildman–Crippen MR) is 76.4 cm³/mol. The van der Waals surface area contributed by atoms with Crippen LogP contribution in [0, 0.1) is 11.8 Å². The summed E-state index contributed by atoms with van der Waals surface area (Å²) < 4.78 is 0.848. The zero-order valence-corrected chi connectivity index (χ0v) is 13.3. The first kappa shape index (κ1) is 14.9. The van der Waals surface area contributed by atoms with E-state index >= 15 is 0 Å². The van der Waals surface area contributed by atoms with Gasteiger partial charge < -0.3 is 0 Å². The summed E-state index contributed by atoms with van der Waals surface area (Å²) in [5.41, 5.74) is 1.03. The van der Waals surface area contributed by atoms with E-state index in [1.807, 2.05) is 0 Å². The molecule has 0 atom stereocenters. The van der Waals surface area contributed by atoms with Gasteiger partial charge in [-0.2, -0.15) is 0 Å². The number of rotatable bonds is 5. The van der Waals surface area contributed by atoms with Gasteiger partial charge in [-0.25, -0.2) is 9.97 Å². The quantitative estimate of drug-likeness (QED) is 0.736. The number of aromatic nitrogens is 2. The van der Waals surface area contributed by atoms with Crippen molar-refractivity contribution in [2.45, 2.75) is 47.0 Å². The molecular weight excluding hydrogens is 300 g/mol. The number of hydrogen-bond donors (Lipinski definition) is 0. The van der Waals surface area contributed by atoms with E-state index in [4.69, 9.17) is 11.6 Å². The minimum Gasteiger partial charge on any atom is -0.237 e. The van der Waals surface area contributed by atoms with Gasteiger partial charge in [-0.05, 0) is 40.6 Å². The Balaban J connectivity index is 2.89. The smallest absolute Gasteiger partial charge is 0.147 e. The van der Waals surface area contributed by atoms with Gasteiger partial charge in [0, 0.05) is 6.42 Å². The lowest BCUT2D eigenvalue weighted by Crippen LogP contribution is -2.06. The van der Waals surface area contributed by atoms with Crippen molar-refractivity contribution in [2.75, 3.05) is 0 Å². The number of hydrogen-bond acceptors (Lipinski definition) is 2. The molecule has 0 radical (unpaired) electrons. The van der Waals surface area contributed by atoms with E-state index in [2.05, 4.69) is 53.6 Å². The zero-order valence-electron chi connectivity index (χ0n) is 10.9. The Kier molecular flexibility index (Phi) is 5.87. The largest absolute Gasteiger partial charge is 0.237 e. The lowest BCUT2D eigenvalue weighted by molar-refractivity contribution is 0.569. The SMILES string of the molecule is CC(C)CCc1nc(Cl)c(Br)c(CC(C)C)n1. The van der Waals surface area contributed by atoms with Gasteiger partial charge in [0.25, 0.3) is 0 Å². The second kappa shape index (κ2) is 6.69. The van der Waals surface area contributed by atoms with Gasteiger partial charge >= 0.3 is 0 Å². The molecule has 0 aliphatic heterocycles. The molecule has 0 aliphatic carbocycles. The normalized spacial score (nSPS) is 11.5. The van der Waals surface area contributed by atoms with Crippen LogP contribution in [0.2, 0.25) is 5.15 Å². The molecule has 0 saturated carbocycles. The molecule has 1 rings (SSSR count). The van der Waals surface area contributed by atoms with Crippen molar-refractivity contribution < 1.29 is 0 Å². The summed E-state index contributed by atoms with van der Waals surface area (Å²) in [6.07, 6.45) is 2.92. The highest BCUT2D eigenvalue weighted by atomic mass is 79.9. The molecule has 17 heavy (non-hydrogen) atoms. The van der Waals surface area contributed by atoms with Crippen LogP contribution in [-0.4, -0.2) is 9.97 Å². The van der Waals surface area contributed by atoms with Crippen LogP contribution in [0.3, 0.4) is 0 Å². The van der Waals surface area contributed by atoms with E-state index in [1.165, 1.54) is 0 Å². The van der Waals surface area contributed by atoms with Crippen molar-refractivity contribution in [1.29, 1.82) is 0 Å². The van der Waals surface area contributed by atoms with Crippen LogP contribution in [0.15, 0.2) is 4.47 Å². The van der Waals surface area contributed by atoms with Gasteiger partial charge in [0.2, 0.25) is 0 Å². The van der Waals surface area contributed by atoms with Crippen LogP contribution < -0.4 is 0 Å². The Hall–Kier alpha value is -0.150. The highest BCUT2D eigenvalue weighted by Gasteiger charge is 2.12. The molecule has 0 bridgehead atoms. The summed E-state index contributed by atoms with van der Waals surface area (Å²) in [7, 11) is 0. The summed E-state index contributed by atoms with van der Waals surface area (Å²) in [6, 6.07) is 0. The third-order valence-electron chi connectivity index (χ3n) is 2.47. The van der Waals surface area contributed by atoms with Crippen LogP contribution >= 0.6 is 27.5 Å². The van der Waals surface area contributed by atoms with Gasteiger partial charge in [-0.3, -0.25) is 0 Å². The molecule has 4 heteroatoms. The summed E-state index contributed by atoms with van der Waals surface area (Å²) >= 11 is 9.59. The second-order valence-electron chi connectivity index (χ2n) is 5.22. The third kappa shape index (κ3) is 4.92. The van der Waals surface area contributed by atoms with Crippen molar-refractivity contribution in [1.82, 2.24) is 9.97 Å². The summed E-state index contributed by atoms with van der Waals surface area (Å²) in [5.74, 6) is 2.09. The first-order valence-corrected chi connectivity index (χ1v) is 7.28. The first-order valence-electron chi connectivity index (χ1n) is 6.11. The molecule has 1 aromatic heterocycles. The van der Waals surface area contributed by atoms with Crippen molar-refractivity contribution in [3.63, 3.8) is 0 Å². The maximum Gasteiger partial charge on any atom is 0.147 e. The van der Waals surface area contributed by atoms with Gasteiger partial charge in [0.1, 0.15) is 11.0 Å². The monoisotopic (exact) mass is 318 g/mol. The average Bonchev–Trinajstić information content (AvgIpc) is 2.21. The Labute approximate surface area is 117 Å². The molecule has 0 spiro atoms. The van der Waals surface area contributed by atoms with Crippen LogP contribution in [0.4, 0.5) is 0 Å². The molecule has 0 aliphatic rings. The number of nitrogens with zero attached hydrogens (tertiary/aromatic N) is 2. The maximum absolute atomic E-state index is 6.12. The van der Waals surface area contributed by atoms with E-state index in [0.717, 1.165) is 35.3 Å². The van der Waals surface area contributed by atoms with Crippen LogP contribution in [0.1, 0.15) is 45.6 Å². The van der Waals surface area contributed by atoms with E-state index in [0.29, 0.717) is 17.0 Å². The van der Waals surface area contributed by atoms with Crippen molar-refractivity contribution in [3.8, 4) is 0 Å². The molecular formula is C13H20BrClN2. The van der Waals surface area contributed by atoms with E-state index < -0.39 is 0 Å². The first-order chi connectivity index (χ1) is 7.90. The summed E-state index contributed by atoms with van der Waals surface area (Å²) in [4.78, 5) is 8.92. The van der Waals surface area contributed by atoms with Crippen LogP contribution in [-0.2, 0) is 12.8 Å². The second-order valence-corrected chi connectivity index (χ2v) is 6.37. The zero-order chi connectivity index (χ0) is 13.0. The Morgan fingerprint density at radius 2 is 1.76 bits per heavy atom. The molecule has 1 heterocycles. The molecule has 96 valence electrons. The summed E-state index contributed by atoms with van der Waals surface area (Å²) in [6.45, 7) is 8.76. The molecule has 0 saturated heterocycles. The van der Waals surface area contributed by atoms with Crippen LogP contribution in [0.5, 0.6) is 0 Å². The van der Waals surface area contributed by atoms with Crippen molar-refractivity contribution >= 4 is 27.5 Å². The maximum atomic E-state index is 6.12. The standard InChI is InChI=1S/C13H20BrClN2/c1-8(2)5-6-11-16-10(7-9(3)4)12(14)13(15)17-11/h8-9H,5-7H2,1-4H3. The molecule has 0 fully saturated rings. The van der Waals surface area contributed by atoms with E-state index in [-0.39, 0.29) is 0 Å². The van der Waals surface area contributed by atoms with E-state index in [1.54, 1.807) is 0 Å². The minimum absolute atomic E-state index is 0.536. The molecule has 0 amide bonds. The highest BCUT2D eigenvalue weighted by Crippen LogP contribution is 2.25. The van der Waals surface area contributed by atoms with Gasteiger partial charge in [-0.1, -0.05) is 39.3 Å². The van der Waals surface area contributed by atoms with Crippen molar-refractivity contribution in [2.24, 2.45) is 11.8 Å². The summed E-state index contributed by atoms with van der Waals surface area (Å²) in [5, 5.41) is 0.536. The predicted octanol–water partition coefficient (Wildman–Crippen LogP) is 4.68. The Morgan fingerprint density at radius 1 is 1.12 bits per heavy atom. The van der Waals surface area contributed by atoms with Gasteiger partial charge in [0.05, 0.1) is 10.2 Å². The van der Waals surface area contributed by atoms with E-state index in [9.17, 15) is 0 Å². The molecule has 0 aromatic carbocycles. The molecule has 2 nitrogen and oxygen atoms in total. The Bertz CT molecular complexity index is 378. The van der Waals surface area contributed by atoms with Gasteiger partial charge in [-0.15, -0.1) is 0 Å².